The number of carboxylic acid groups (broad SMARTS) is 1. The van der Waals surface area contributed by atoms with E-state index in [1.54, 1.807) is 0 Å². The summed E-state index contributed by atoms with van der Waals surface area (Å²) in [6.45, 7) is 0.583. The number of carboxylic acids is 1. The van der Waals surface area contributed by atoms with Gasteiger partial charge in [-0.25, -0.2) is 22.4 Å². The van der Waals surface area contributed by atoms with E-state index >= 15 is 0 Å². The normalized spacial score (nSPS) is 13.0. The van der Waals surface area contributed by atoms with E-state index in [2.05, 4.69) is 5.10 Å². The number of amides is 1. The number of carbonyl (C=O) groups is 2. The topological polar surface area (TPSA) is 70.0 Å². The van der Waals surface area contributed by atoms with Gasteiger partial charge in [-0.15, -0.1) is 0 Å². The molecule has 1 N–H and O–H groups in total. The number of alkyl halides is 3. The van der Waals surface area contributed by atoms with Crippen LogP contribution in [0.3, 0.4) is 0 Å². The fraction of sp³-hybridized carbons (Fsp3) is 0.154. The van der Waals surface area contributed by atoms with Gasteiger partial charge in [0.25, 0.3) is 0 Å². The van der Waals surface area contributed by atoms with Gasteiger partial charge in [-0.1, -0.05) is 23.2 Å². The molecule has 0 spiro atoms. The molecule has 1 aromatic rings. The Balaban J connectivity index is 3.68. The molecule has 0 aromatic heterocycles. The number of halogens is 9. The van der Waals surface area contributed by atoms with Crippen molar-refractivity contribution < 1.29 is 45.4 Å². The van der Waals surface area contributed by atoms with E-state index in [-0.39, 0.29) is 11.2 Å². The quantitative estimate of drug-likeness (QED) is 0.248. The Kier molecular flexibility index (Phi) is 6.83. The van der Waals surface area contributed by atoms with Crippen molar-refractivity contribution in [2.24, 2.45) is 5.10 Å². The van der Waals surface area contributed by atoms with Crippen LogP contribution in [-0.2, 0) is 15.8 Å². The number of hydrazone groups is 1. The van der Waals surface area contributed by atoms with E-state index < -0.39 is 62.6 Å². The SMILES string of the molecule is CC(=O)N(/N=C/C(Cl)=C(\Cl)C(=O)O)c1c(F)c(F)c(C(F)(F)F)c(F)c1F. The zero-order chi connectivity index (χ0) is 21.3. The summed E-state index contributed by atoms with van der Waals surface area (Å²) in [5, 5.41) is 9.30. The number of hydrogen-bond donors (Lipinski definition) is 1. The molecule has 0 bridgehead atoms. The van der Waals surface area contributed by atoms with Crippen molar-refractivity contribution >= 4 is 47.0 Å². The molecule has 0 unspecified atom stereocenters. The summed E-state index contributed by atoms with van der Waals surface area (Å²) in [4.78, 5) is 22.0. The van der Waals surface area contributed by atoms with Crippen molar-refractivity contribution in [1.82, 2.24) is 0 Å². The molecule has 0 fully saturated rings. The second-order valence-electron chi connectivity index (χ2n) is 4.52. The maximum Gasteiger partial charge on any atom is 0.422 e. The van der Waals surface area contributed by atoms with Crippen molar-refractivity contribution in [2.75, 3.05) is 5.01 Å². The molecule has 0 atom stereocenters. The van der Waals surface area contributed by atoms with Crippen LogP contribution in [0.5, 0.6) is 0 Å². The summed E-state index contributed by atoms with van der Waals surface area (Å²) in [5.41, 5.74) is -4.77. The van der Waals surface area contributed by atoms with Crippen LogP contribution >= 0.6 is 23.2 Å². The summed E-state index contributed by atoms with van der Waals surface area (Å²) < 4.78 is 92.8. The molecule has 14 heteroatoms. The lowest BCUT2D eigenvalue weighted by Crippen LogP contribution is -2.27. The number of anilines is 1. The zero-order valence-corrected chi connectivity index (χ0v) is 14.1. The number of benzene rings is 1. The summed E-state index contributed by atoms with van der Waals surface area (Å²) in [6.07, 6.45) is -5.51. The first-order chi connectivity index (χ1) is 12.2. The van der Waals surface area contributed by atoms with Crippen molar-refractivity contribution in [3.05, 3.63) is 38.9 Å². The summed E-state index contributed by atoms with van der Waals surface area (Å²) in [6, 6.07) is 0. The third-order valence-electron chi connectivity index (χ3n) is 2.72. The van der Waals surface area contributed by atoms with E-state index in [1.165, 1.54) is 0 Å². The molecule has 5 nitrogen and oxygen atoms in total. The maximum atomic E-state index is 13.9. The van der Waals surface area contributed by atoms with E-state index in [1.807, 2.05) is 0 Å². The molecular weight excluding hydrogens is 436 g/mol. The first-order valence-corrected chi connectivity index (χ1v) is 7.03. The summed E-state index contributed by atoms with van der Waals surface area (Å²) >= 11 is 10.6. The van der Waals surface area contributed by atoms with Gasteiger partial charge in [-0.2, -0.15) is 23.3 Å². The Bertz CT molecular complexity index is 839. The molecule has 0 aliphatic carbocycles. The Morgan fingerprint density at radius 3 is 1.81 bits per heavy atom. The molecule has 148 valence electrons. The highest BCUT2D eigenvalue weighted by molar-refractivity contribution is 6.51. The van der Waals surface area contributed by atoms with Crippen molar-refractivity contribution in [3.63, 3.8) is 0 Å². The second-order valence-corrected chi connectivity index (χ2v) is 5.30. The zero-order valence-electron chi connectivity index (χ0n) is 12.6. The lowest BCUT2D eigenvalue weighted by Gasteiger charge is -2.19. The van der Waals surface area contributed by atoms with Crippen LogP contribution in [0.4, 0.5) is 36.4 Å². The Morgan fingerprint density at radius 2 is 1.48 bits per heavy atom. The lowest BCUT2D eigenvalue weighted by molar-refractivity contribution is -0.143. The highest BCUT2D eigenvalue weighted by Crippen LogP contribution is 2.39. The standard InChI is InChI=1S/C13H5Cl2F7N2O3/c1-3(25)24(23-2-4(14)6(15)12(26)27)11-9(18)7(16)5(13(20,21)22)8(17)10(11)19/h2H,1H3,(H,26,27)/b6-4+,23-2+. The third-order valence-corrected chi connectivity index (χ3v) is 3.47. The van der Waals surface area contributed by atoms with Crippen LogP contribution in [0, 0.1) is 23.3 Å². The Morgan fingerprint density at radius 1 is 1.04 bits per heavy atom. The summed E-state index contributed by atoms with van der Waals surface area (Å²) in [5.74, 6) is -14.0. The molecule has 0 heterocycles. The molecule has 27 heavy (non-hydrogen) atoms. The van der Waals surface area contributed by atoms with Gasteiger partial charge in [0.1, 0.15) is 16.3 Å². The molecule has 0 radical (unpaired) electrons. The van der Waals surface area contributed by atoms with Gasteiger partial charge in [0.2, 0.25) is 5.91 Å². The van der Waals surface area contributed by atoms with Crippen molar-refractivity contribution in [2.45, 2.75) is 13.1 Å². The first kappa shape index (κ1) is 22.7. The molecule has 1 aromatic carbocycles. The largest absolute Gasteiger partial charge is 0.477 e. The minimum atomic E-state index is -5.78. The van der Waals surface area contributed by atoms with Crippen LogP contribution in [0.2, 0.25) is 0 Å². The predicted octanol–water partition coefficient (Wildman–Crippen LogP) is 4.37. The minimum absolute atomic E-state index is 0.270. The third kappa shape index (κ3) is 4.69. The number of hydrogen-bond acceptors (Lipinski definition) is 3. The van der Waals surface area contributed by atoms with Gasteiger partial charge >= 0.3 is 12.1 Å². The minimum Gasteiger partial charge on any atom is -0.477 e. The predicted molar refractivity (Wildman–Crippen MR) is 79.3 cm³/mol. The molecule has 1 amide bonds. The van der Waals surface area contributed by atoms with E-state index in [9.17, 15) is 40.3 Å². The average molecular weight is 441 g/mol. The van der Waals surface area contributed by atoms with Crippen LogP contribution in [0.25, 0.3) is 0 Å². The van der Waals surface area contributed by atoms with Crippen LogP contribution in [0.15, 0.2) is 15.2 Å². The average Bonchev–Trinajstić information content (AvgIpc) is 2.53. The Labute approximate surface area is 155 Å². The number of carbonyl (C=O) groups excluding carboxylic acids is 1. The van der Waals surface area contributed by atoms with E-state index in [0.29, 0.717) is 6.92 Å². The van der Waals surface area contributed by atoms with Gasteiger partial charge in [-0.3, -0.25) is 4.79 Å². The highest BCUT2D eigenvalue weighted by atomic mass is 35.5. The molecule has 0 saturated heterocycles. The molecule has 0 aliphatic rings. The van der Waals surface area contributed by atoms with Crippen LogP contribution in [-0.4, -0.2) is 23.2 Å². The first-order valence-electron chi connectivity index (χ1n) is 6.28. The molecule has 0 saturated carbocycles. The number of nitrogens with zero attached hydrogens (tertiary/aromatic N) is 2. The summed E-state index contributed by atoms with van der Waals surface area (Å²) in [7, 11) is 0. The molecule has 0 aliphatic heterocycles. The molecule has 1 rings (SSSR count). The van der Waals surface area contributed by atoms with Crippen LogP contribution in [0.1, 0.15) is 12.5 Å². The smallest absolute Gasteiger partial charge is 0.422 e. The molecular formula is C13H5Cl2F7N2O3. The second kappa shape index (κ2) is 8.13. The number of allylic oxidation sites excluding steroid dienone is 1. The fourth-order valence-corrected chi connectivity index (χ4v) is 1.79. The van der Waals surface area contributed by atoms with Crippen LogP contribution < -0.4 is 5.01 Å². The number of rotatable bonds is 4. The number of aliphatic carboxylic acids is 1. The monoisotopic (exact) mass is 440 g/mol. The van der Waals surface area contributed by atoms with Crippen molar-refractivity contribution in [1.29, 1.82) is 0 Å². The van der Waals surface area contributed by atoms with Gasteiger partial charge in [0.05, 0.1) is 11.2 Å². The highest BCUT2D eigenvalue weighted by Gasteiger charge is 2.43. The Hall–Kier alpha value is -2.34. The van der Waals surface area contributed by atoms with Crippen molar-refractivity contribution in [3.8, 4) is 0 Å². The van der Waals surface area contributed by atoms with E-state index in [0.717, 1.165) is 0 Å². The van der Waals surface area contributed by atoms with Gasteiger partial charge < -0.3 is 5.11 Å². The van der Waals surface area contributed by atoms with E-state index in [4.69, 9.17) is 28.3 Å². The maximum absolute atomic E-state index is 13.9. The van der Waals surface area contributed by atoms with Gasteiger partial charge in [0.15, 0.2) is 23.3 Å². The van der Waals surface area contributed by atoms with Gasteiger partial charge in [0, 0.05) is 6.92 Å². The van der Waals surface area contributed by atoms with Gasteiger partial charge in [-0.05, 0) is 0 Å². The fourth-order valence-electron chi connectivity index (χ4n) is 1.62. The lowest BCUT2D eigenvalue weighted by atomic mass is 10.1.